The molecule has 2 aromatic rings. The number of nitrogens with one attached hydrogen (secondary N) is 1. The molecule has 0 amide bonds. The smallest absolute Gasteiger partial charge is 0.224 e. The number of pyridine rings is 1. The number of aromatic nitrogens is 1. The fraction of sp³-hybridized carbons (Fsp3) is 0.154. The Morgan fingerprint density at radius 3 is 2.61 bits per heavy atom. The molecular weight excluding hydrogens is 248 g/mol. The second kappa shape index (κ2) is 3.90. The van der Waals surface area contributed by atoms with Gasteiger partial charge in [0.1, 0.15) is 0 Å². The number of nitrogens with zero attached hydrogens (tertiary/aromatic N) is 1. The Morgan fingerprint density at radius 2 is 1.83 bits per heavy atom. The summed E-state index contributed by atoms with van der Waals surface area (Å²) in [4.78, 5) is 4.38. The number of sulfone groups is 1. The van der Waals surface area contributed by atoms with Crippen LogP contribution in [0.15, 0.2) is 52.5 Å². The van der Waals surface area contributed by atoms with Crippen LogP contribution in [0.25, 0.3) is 0 Å². The molecule has 18 heavy (non-hydrogen) atoms. The monoisotopic (exact) mass is 260 g/mol. The van der Waals surface area contributed by atoms with E-state index >= 15 is 0 Å². The Bertz CT molecular complexity index is 657. The molecule has 1 aliphatic rings. The van der Waals surface area contributed by atoms with Gasteiger partial charge in [0, 0.05) is 11.8 Å². The van der Waals surface area contributed by atoms with E-state index in [4.69, 9.17) is 0 Å². The molecule has 1 aliphatic heterocycles. The van der Waals surface area contributed by atoms with Gasteiger partial charge >= 0.3 is 0 Å². The van der Waals surface area contributed by atoms with Gasteiger partial charge in [-0.05, 0) is 24.7 Å². The number of fused-ring (bicyclic) bond motifs is 2. The highest BCUT2D eigenvalue weighted by Gasteiger charge is 2.35. The van der Waals surface area contributed by atoms with Crippen LogP contribution in [0.2, 0.25) is 0 Å². The van der Waals surface area contributed by atoms with Crippen molar-refractivity contribution in [2.45, 2.75) is 16.0 Å². The van der Waals surface area contributed by atoms with Gasteiger partial charge in [-0.2, -0.15) is 0 Å². The van der Waals surface area contributed by atoms with Crippen LogP contribution in [0.4, 0.5) is 0 Å². The second-order valence-corrected chi connectivity index (χ2v) is 5.99. The average molecular weight is 260 g/mol. The molecule has 0 saturated carbocycles. The lowest BCUT2D eigenvalue weighted by atomic mass is 10.00. The van der Waals surface area contributed by atoms with Gasteiger partial charge in [0.2, 0.25) is 9.84 Å². The minimum atomic E-state index is -3.50. The van der Waals surface area contributed by atoms with Gasteiger partial charge in [-0.15, -0.1) is 0 Å². The van der Waals surface area contributed by atoms with Gasteiger partial charge in [-0.25, -0.2) is 13.4 Å². The van der Waals surface area contributed by atoms with E-state index in [2.05, 4.69) is 10.3 Å². The first-order valence-electron chi connectivity index (χ1n) is 5.62. The van der Waals surface area contributed by atoms with E-state index in [1.165, 1.54) is 6.20 Å². The first-order chi connectivity index (χ1) is 8.66. The normalized spacial score (nSPS) is 19.9. The van der Waals surface area contributed by atoms with Gasteiger partial charge in [0.25, 0.3) is 0 Å². The van der Waals surface area contributed by atoms with Crippen molar-refractivity contribution in [2.75, 3.05) is 7.05 Å². The fourth-order valence-corrected chi connectivity index (χ4v) is 4.05. The maximum Gasteiger partial charge on any atom is 0.224 e. The predicted octanol–water partition coefficient (Wildman–Crippen LogP) is 1.54. The zero-order valence-corrected chi connectivity index (χ0v) is 10.6. The van der Waals surface area contributed by atoms with E-state index in [1.54, 1.807) is 24.3 Å². The Labute approximate surface area is 106 Å². The molecule has 1 N–H and O–H groups in total. The standard InChI is InChI=1S/C13H12N2O2S/c1-14-12-9-5-2-3-7-11(9)18(16,17)13-10(12)6-4-8-15-13/h2-8,12,14H,1H3. The summed E-state index contributed by atoms with van der Waals surface area (Å²) in [5, 5.41) is 3.31. The van der Waals surface area contributed by atoms with Crippen molar-refractivity contribution in [1.29, 1.82) is 0 Å². The van der Waals surface area contributed by atoms with E-state index < -0.39 is 9.84 Å². The lowest BCUT2D eigenvalue weighted by molar-refractivity contribution is 0.569. The van der Waals surface area contributed by atoms with Gasteiger partial charge < -0.3 is 5.32 Å². The highest BCUT2D eigenvalue weighted by atomic mass is 32.2. The van der Waals surface area contributed by atoms with E-state index in [1.807, 2.05) is 19.2 Å². The maximum absolute atomic E-state index is 12.5. The van der Waals surface area contributed by atoms with Crippen molar-refractivity contribution in [2.24, 2.45) is 0 Å². The van der Waals surface area contributed by atoms with Gasteiger partial charge in [-0.3, -0.25) is 0 Å². The van der Waals surface area contributed by atoms with E-state index in [-0.39, 0.29) is 11.1 Å². The van der Waals surface area contributed by atoms with Crippen molar-refractivity contribution >= 4 is 9.84 Å². The zero-order valence-electron chi connectivity index (χ0n) is 9.79. The molecule has 0 fully saturated rings. The minimum Gasteiger partial charge on any atom is -0.309 e. The molecule has 1 unspecified atom stereocenters. The molecule has 3 rings (SSSR count). The zero-order chi connectivity index (χ0) is 12.8. The highest BCUT2D eigenvalue weighted by molar-refractivity contribution is 7.91. The third kappa shape index (κ3) is 1.41. The third-order valence-corrected chi connectivity index (χ3v) is 4.98. The molecule has 1 atom stereocenters. The minimum absolute atomic E-state index is 0.131. The highest BCUT2D eigenvalue weighted by Crippen LogP contribution is 2.38. The van der Waals surface area contributed by atoms with Crippen molar-refractivity contribution < 1.29 is 8.42 Å². The lowest BCUT2D eigenvalue weighted by Crippen LogP contribution is -2.27. The number of benzene rings is 1. The summed E-state index contributed by atoms with van der Waals surface area (Å²) in [6.45, 7) is 0. The predicted molar refractivity (Wildman–Crippen MR) is 67.0 cm³/mol. The molecule has 0 saturated heterocycles. The van der Waals surface area contributed by atoms with E-state index in [0.29, 0.717) is 10.5 Å². The van der Waals surface area contributed by atoms with Crippen LogP contribution in [-0.4, -0.2) is 20.4 Å². The average Bonchev–Trinajstić information content (AvgIpc) is 2.40. The van der Waals surface area contributed by atoms with Crippen molar-refractivity contribution in [1.82, 2.24) is 10.3 Å². The van der Waals surface area contributed by atoms with Crippen LogP contribution in [0.1, 0.15) is 17.2 Å². The van der Waals surface area contributed by atoms with Crippen LogP contribution in [-0.2, 0) is 9.84 Å². The molecule has 1 aromatic carbocycles. The molecular formula is C13H12N2O2S. The third-order valence-electron chi connectivity index (χ3n) is 3.17. The van der Waals surface area contributed by atoms with E-state index in [9.17, 15) is 8.42 Å². The Morgan fingerprint density at radius 1 is 1.11 bits per heavy atom. The van der Waals surface area contributed by atoms with Crippen molar-refractivity contribution in [3.8, 4) is 0 Å². The van der Waals surface area contributed by atoms with Crippen LogP contribution >= 0.6 is 0 Å². The first-order valence-corrected chi connectivity index (χ1v) is 7.11. The number of hydrogen-bond acceptors (Lipinski definition) is 4. The molecule has 4 nitrogen and oxygen atoms in total. The molecule has 0 radical (unpaired) electrons. The summed E-state index contributed by atoms with van der Waals surface area (Å²) in [6, 6.07) is 10.5. The van der Waals surface area contributed by atoms with Crippen molar-refractivity contribution in [3.63, 3.8) is 0 Å². The fourth-order valence-electron chi connectivity index (χ4n) is 2.39. The van der Waals surface area contributed by atoms with Crippen LogP contribution in [0.5, 0.6) is 0 Å². The molecule has 0 aliphatic carbocycles. The quantitative estimate of drug-likeness (QED) is 0.845. The molecule has 5 heteroatoms. The Balaban J connectivity index is 2.40. The van der Waals surface area contributed by atoms with Crippen molar-refractivity contribution in [3.05, 3.63) is 53.7 Å². The molecule has 1 aromatic heterocycles. The van der Waals surface area contributed by atoms with Crippen LogP contribution in [0, 0.1) is 0 Å². The van der Waals surface area contributed by atoms with Crippen LogP contribution in [0.3, 0.4) is 0 Å². The molecule has 0 spiro atoms. The number of rotatable bonds is 1. The summed E-state index contributed by atoms with van der Waals surface area (Å²) < 4.78 is 24.9. The summed E-state index contributed by atoms with van der Waals surface area (Å²) in [5.41, 5.74) is 1.49. The summed E-state index contributed by atoms with van der Waals surface area (Å²) in [6.07, 6.45) is 1.51. The SMILES string of the molecule is CNC1c2ccccc2S(=O)(=O)c2ncccc21. The Hall–Kier alpha value is -1.72. The first kappa shape index (κ1) is 11.4. The maximum atomic E-state index is 12.5. The van der Waals surface area contributed by atoms with Gasteiger partial charge in [-0.1, -0.05) is 24.3 Å². The molecule has 2 heterocycles. The van der Waals surface area contributed by atoms with E-state index in [0.717, 1.165) is 5.56 Å². The van der Waals surface area contributed by atoms with Crippen LogP contribution < -0.4 is 5.32 Å². The Kier molecular flexibility index (Phi) is 2.46. The summed E-state index contributed by atoms with van der Waals surface area (Å²) >= 11 is 0. The second-order valence-electron chi connectivity index (χ2n) is 4.16. The lowest BCUT2D eigenvalue weighted by Gasteiger charge is -2.26. The number of hydrogen-bond donors (Lipinski definition) is 1. The van der Waals surface area contributed by atoms with Gasteiger partial charge in [0.15, 0.2) is 5.03 Å². The summed E-state index contributed by atoms with van der Waals surface area (Å²) in [5.74, 6) is 0. The summed E-state index contributed by atoms with van der Waals surface area (Å²) in [7, 11) is -1.68. The largest absolute Gasteiger partial charge is 0.309 e. The topological polar surface area (TPSA) is 59.1 Å². The van der Waals surface area contributed by atoms with Gasteiger partial charge in [0.05, 0.1) is 10.9 Å². The molecule has 0 bridgehead atoms. The molecule has 92 valence electrons.